The van der Waals surface area contributed by atoms with Crippen molar-refractivity contribution in [3.8, 4) is 22.6 Å². The topological polar surface area (TPSA) is 73.7 Å². The highest BCUT2D eigenvalue weighted by molar-refractivity contribution is 6.21. The molecule has 0 aromatic heterocycles. The van der Waals surface area contributed by atoms with Gasteiger partial charge in [0, 0.05) is 6.20 Å². The molecule has 0 unspecified atom stereocenters. The van der Waals surface area contributed by atoms with E-state index in [0.29, 0.717) is 13.2 Å². The molecule has 0 amide bonds. The van der Waals surface area contributed by atoms with Crippen LogP contribution in [0.3, 0.4) is 0 Å². The number of hydrogen-bond acceptors (Lipinski definition) is 5. The van der Waals surface area contributed by atoms with E-state index < -0.39 is 0 Å². The standard InChI is InChI=1S/C16H16BN3O2/c17-16(18)10-20(19)13-4-1-11(2-5-13)12-3-6-14-15(9-12)22-8-7-21-14/h1-6,9-10H,7-8,18-19H2/b16-10-. The van der Waals surface area contributed by atoms with E-state index in [4.69, 9.17) is 28.9 Å². The molecule has 1 aliphatic rings. The lowest BCUT2D eigenvalue weighted by atomic mass is 10.0. The van der Waals surface area contributed by atoms with Crippen LogP contribution in [0.1, 0.15) is 0 Å². The van der Waals surface area contributed by atoms with Crippen LogP contribution in [0.5, 0.6) is 11.5 Å². The molecular weight excluding hydrogens is 277 g/mol. The van der Waals surface area contributed by atoms with E-state index in [2.05, 4.69) is 0 Å². The Morgan fingerprint density at radius 1 is 1.00 bits per heavy atom. The zero-order chi connectivity index (χ0) is 15.5. The number of nitrogens with zero attached hydrogens (tertiary/aromatic N) is 1. The second kappa shape index (κ2) is 6.03. The second-order valence-corrected chi connectivity index (χ2v) is 4.94. The minimum absolute atomic E-state index is 0.151. The highest BCUT2D eigenvalue weighted by atomic mass is 16.6. The van der Waals surface area contributed by atoms with E-state index in [1.54, 1.807) is 0 Å². The van der Waals surface area contributed by atoms with E-state index >= 15 is 0 Å². The average molecular weight is 293 g/mol. The van der Waals surface area contributed by atoms with Crippen molar-refractivity contribution in [2.75, 3.05) is 18.2 Å². The summed E-state index contributed by atoms with van der Waals surface area (Å²) in [4.78, 5) is 0. The van der Waals surface area contributed by atoms with Crippen molar-refractivity contribution in [2.45, 2.75) is 0 Å². The van der Waals surface area contributed by atoms with Crippen molar-refractivity contribution in [1.82, 2.24) is 0 Å². The number of anilines is 1. The fourth-order valence-electron chi connectivity index (χ4n) is 2.28. The number of hydrogen-bond donors (Lipinski definition) is 2. The van der Waals surface area contributed by atoms with Crippen LogP contribution in [0.2, 0.25) is 0 Å². The molecule has 110 valence electrons. The normalized spacial score (nSPS) is 13.8. The summed E-state index contributed by atoms with van der Waals surface area (Å²) < 4.78 is 11.1. The third kappa shape index (κ3) is 3.02. The molecule has 3 rings (SSSR count). The first-order valence-corrected chi connectivity index (χ1v) is 6.90. The van der Waals surface area contributed by atoms with E-state index in [1.807, 2.05) is 42.5 Å². The Bertz CT molecular complexity index is 697. The summed E-state index contributed by atoms with van der Waals surface area (Å²) in [7, 11) is 5.41. The minimum Gasteiger partial charge on any atom is -0.486 e. The summed E-state index contributed by atoms with van der Waals surface area (Å²) in [6.45, 7) is 1.16. The van der Waals surface area contributed by atoms with Crippen LogP contribution >= 0.6 is 0 Å². The third-order valence-electron chi connectivity index (χ3n) is 3.33. The van der Waals surface area contributed by atoms with Crippen LogP contribution < -0.4 is 26.1 Å². The summed E-state index contributed by atoms with van der Waals surface area (Å²) in [5, 5.41) is 1.38. The predicted octanol–water partition coefficient (Wildman–Crippen LogP) is 1.73. The van der Waals surface area contributed by atoms with Gasteiger partial charge in [-0.15, -0.1) is 0 Å². The van der Waals surface area contributed by atoms with Crippen molar-refractivity contribution in [3.63, 3.8) is 0 Å². The van der Waals surface area contributed by atoms with Gasteiger partial charge in [-0.1, -0.05) is 18.2 Å². The first-order chi connectivity index (χ1) is 10.6. The van der Waals surface area contributed by atoms with Crippen molar-refractivity contribution < 1.29 is 9.47 Å². The number of benzene rings is 2. The molecule has 0 saturated heterocycles. The Hall–Kier alpha value is -2.60. The first-order valence-electron chi connectivity index (χ1n) is 6.90. The zero-order valence-corrected chi connectivity index (χ0v) is 12.0. The van der Waals surface area contributed by atoms with Gasteiger partial charge in [0.25, 0.3) is 0 Å². The molecule has 0 aliphatic carbocycles. The summed E-state index contributed by atoms with van der Waals surface area (Å²) in [5.41, 5.74) is 8.45. The second-order valence-electron chi connectivity index (χ2n) is 4.94. The molecule has 2 radical (unpaired) electrons. The Kier molecular flexibility index (Phi) is 3.93. The van der Waals surface area contributed by atoms with Gasteiger partial charge < -0.3 is 15.2 Å². The maximum atomic E-state index is 5.84. The Morgan fingerprint density at radius 2 is 1.64 bits per heavy atom. The van der Waals surface area contributed by atoms with Crippen LogP contribution in [0, 0.1) is 0 Å². The summed E-state index contributed by atoms with van der Waals surface area (Å²) >= 11 is 0. The lowest BCUT2D eigenvalue weighted by Gasteiger charge is -2.19. The predicted molar refractivity (Wildman–Crippen MR) is 87.6 cm³/mol. The molecule has 2 aromatic rings. The molecule has 2 aromatic carbocycles. The first kappa shape index (κ1) is 14.3. The Morgan fingerprint density at radius 3 is 2.32 bits per heavy atom. The maximum Gasteiger partial charge on any atom is 0.161 e. The van der Waals surface area contributed by atoms with E-state index in [-0.39, 0.29) is 5.60 Å². The number of rotatable bonds is 3. The SMILES string of the molecule is [B]/C(N)=C/N(N)c1ccc(-c2ccc3c(c2)OCCO3)cc1. The number of nitrogens with two attached hydrogens (primary N) is 2. The molecule has 0 atom stereocenters. The molecule has 6 heteroatoms. The van der Waals surface area contributed by atoms with Crippen LogP contribution in [0.15, 0.2) is 54.3 Å². The third-order valence-corrected chi connectivity index (χ3v) is 3.33. The van der Waals surface area contributed by atoms with Crippen molar-refractivity contribution >= 4 is 13.5 Å². The van der Waals surface area contributed by atoms with Crippen LogP contribution in [-0.4, -0.2) is 21.1 Å². The fourth-order valence-corrected chi connectivity index (χ4v) is 2.28. The molecule has 0 bridgehead atoms. The van der Waals surface area contributed by atoms with Crippen molar-refractivity contribution in [2.24, 2.45) is 11.6 Å². The van der Waals surface area contributed by atoms with Gasteiger partial charge >= 0.3 is 0 Å². The largest absolute Gasteiger partial charge is 0.486 e. The zero-order valence-electron chi connectivity index (χ0n) is 12.0. The van der Waals surface area contributed by atoms with Crippen molar-refractivity contribution in [1.29, 1.82) is 0 Å². The maximum absolute atomic E-state index is 5.84. The molecule has 5 nitrogen and oxygen atoms in total. The van der Waals surface area contributed by atoms with Crippen LogP contribution in [0.4, 0.5) is 5.69 Å². The highest BCUT2D eigenvalue weighted by Crippen LogP contribution is 2.34. The van der Waals surface area contributed by atoms with Gasteiger partial charge in [-0.2, -0.15) is 0 Å². The average Bonchev–Trinajstić information content (AvgIpc) is 2.54. The Balaban J connectivity index is 1.85. The smallest absolute Gasteiger partial charge is 0.161 e. The van der Waals surface area contributed by atoms with Gasteiger partial charge in [0.2, 0.25) is 0 Å². The van der Waals surface area contributed by atoms with E-state index in [0.717, 1.165) is 28.3 Å². The van der Waals surface area contributed by atoms with Gasteiger partial charge in [-0.05, 0) is 41.0 Å². The van der Waals surface area contributed by atoms with Crippen LogP contribution in [-0.2, 0) is 0 Å². The van der Waals surface area contributed by atoms with E-state index in [1.165, 1.54) is 11.2 Å². The lowest BCUT2D eigenvalue weighted by molar-refractivity contribution is 0.171. The summed E-state index contributed by atoms with van der Waals surface area (Å²) in [6.07, 6.45) is 1.46. The molecule has 1 aliphatic heterocycles. The number of fused-ring (bicyclic) bond motifs is 1. The lowest BCUT2D eigenvalue weighted by Crippen LogP contribution is -2.25. The number of hydrazine groups is 1. The van der Waals surface area contributed by atoms with Gasteiger partial charge in [-0.3, -0.25) is 5.01 Å². The van der Waals surface area contributed by atoms with Gasteiger partial charge in [0.05, 0.1) is 5.69 Å². The van der Waals surface area contributed by atoms with Gasteiger partial charge in [0.15, 0.2) is 11.5 Å². The molecule has 1 heterocycles. The highest BCUT2D eigenvalue weighted by Gasteiger charge is 2.12. The van der Waals surface area contributed by atoms with Crippen molar-refractivity contribution in [3.05, 3.63) is 54.3 Å². The summed E-state index contributed by atoms with van der Waals surface area (Å²) in [6, 6.07) is 13.6. The number of ether oxygens (including phenoxy) is 2. The minimum atomic E-state index is 0.151. The van der Waals surface area contributed by atoms with Gasteiger partial charge in [0.1, 0.15) is 21.1 Å². The van der Waals surface area contributed by atoms with E-state index in [9.17, 15) is 0 Å². The molecule has 22 heavy (non-hydrogen) atoms. The molecular formula is C16H16BN3O2. The quantitative estimate of drug-likeness (QED) is 0.512. The molecule has 0 saturated carbocycles. The Labute approximate surface area is 130 Å². The fraction of sp³-hybridized carbons (Fsp3) is 0.125. The van der Waals surface area contributed by atoms with Crippen LogP contribution in [0.25, 0.3) is 11.1 Å². The molecule has 0 spiro atoms. The summed E-state index contributed by atoms with van der Waals surface area (Å²) in [5.74, 6) is 7.39. The molecule has 0 fully saturated rings. The molecule has 4 N–H and O–H groups in total. The monoisotopic (exact) mass is 293 g/mol. The van der Waals surface area contributed by atoms with Gasteiger partial charge in [-0.25, -0.2) is 5.84 Å².